The van der Waals surface area contributed by atoms with Crippen LogP contribution in [0.1, 0.15) is 5.56 Å². The number of aldehydes is 1. The summed E-state index contributed by atoms with van der Waals surface area (Å²) in [5, 5.41) is 0. The first-order chi connectivity index (χ1) is 9.67. The quantitative estimate of drug-likeness (QED) is 0.781. The number of rotatable bonds is 2. The summed E-state index contributed by atoms with van der Waals surface area (Å²) in [4.78, 5) is 10.7. The van der Waals surface area contributed by atoms with E-state index in [1.165, 1.54) is 12.1 Å². The third-order valence-electron chi connectivity index (χ3n) is 3.14. The van der Waals surface area contributed by atoms with Crippen molar-refractivity contribution in [1.82, 2.24) is 0 Å². The molecule has 0 radical (unpaired) electrons. The van der Waals surface area contributed by atoms with E-state index in [0.29, 0.717) is 22.4 Å². The minimum absolute atomic E-state index is 0.200. The third-order valence-corrected chi connectivity index (χ3v) is 3.14. The van der Waals surface area contributed by atoms with Crippen molar-refractivity contribution in [3.8, 4) is 16.9 Å². The van der Waals surface area contributed by atoms with Crippen molar-refractivity contribution in [3.05, 3.63) is 59.2 Å². The van der Waals surface area contributed by atoms with Gasteiger partial charge in [-0.3, -0.25) is 4.79 Å². The summed E-state index contributed by atoms with van der Waals surface area (Å²) in [6, 6.07) is 8.59. The third kappa shape index (κ3) is 2.20. The predicted octanol–water partition coefficient (Wildman–Crippen LogP) is 3.61. The summed E-state index contributed by atoms with van der Waals surface area (Å²) < 4.78 is 32.1. The van der Waals surface area contributed by atoms with Crippen LogP contribution in [-0.4, -0.2) is 12.9 Å². The second kappa shape index (κ2) is 4.89. The molecule has 2 nitrogen and oxygen atoms in total. The first-order valence-electron chi connectivity index (χ1n) is 6.05. The molecule has 0 fully saturated rings. The topological polar surface area (TPSA) is 26.3 Å². The van der Waals surface area contributed by atoms with Crippen LogP contribution in [-0.2, 0) is 4.79 Å². The first kappa shape index (κ1) is 12.5. The van der Waals surface area contributed by atoms with Crippen LogP contribution >= 0.6 is 0 Å². The van der Waals surface area contributed by atoms with Gasteiger partial charge in [0.05, 0.1) is 0 Å². The molecule has 0 saturated heterocycles. The van der Waals surface area contributed by atoms with Crippen LogP contribution in [0.5, 0.6) is 5.75 Å². The Hall–Kier alpha value is -2.49. The normalized spacial score (nSPS) is 13.2. The smallest absolute Gasteiger partial charge is 0.149 e. The van der Waals surface area contributed by atoms with Crippen molar-refractivity contribution in [1.29, 1.82) is 0 Å². The van der Waals surface area contributed by atoms with Crippen LogP contribution in [0.25, 0.3) is 17.2 Å². The van der Waals surface area contributed by atoms with E-state index in [1.807, 2.05) is 0 Å². The highest BCUT2D eigenvalue weighted by molar-refractivity contribution is 5.85. The maximum Gasteiger partial charge on any atom is 0.149 e. The van der Waals surface area contributed by atoms with Crippen LogP contribution in [0.2, 0.25) is 0 Å². The molecule has 2 aromatic rings. The number of ether oxygens (including phenoxy) is 1. The molecule has 0 bridgehead atoms. The minimum Gasteiger partial charge on any atom is -0.488 e. The van der Waals surface area contributed by atoms with E-state index in [9.17, 15) is 13.6 Å². The number of benzene rings is 2. The summed E-state index contributed by atoms with van der Waals surface area (Å²) in [6.45, 7) is 0.200. The van der Waals surface area contributed by atoms with Gasteiger partial charge < -0.3 is 4.74 Å². The zero-order valence-electron chi connectivity index (χ0n) is 10.4. The van der Waals surface area contributed by atoms with E-state index in [0.717, 1.165) is 17.9 Å². The van der Waals surface area contributed by atoms with E-state index < -0.39 is 11.6 Å². The van der Waals surface area contributed by atoms with Gasteiger partial charge in [-0.25, -0.2) is 8.78 Å². The van der Waals surface area contributed by atoms with Gasteiger partial charge in [-0.2, -0.15) is 0 Å². The van der Waals surface area contributed by atoms with E-state index in [4.69, 9.17) is 4.74 Å². The highest BCUT2D eigenvalue weighted by atomic mass is 19.1. The van der Waals surface area contributed by atoms with Crippen molar-refractivity contribution >= 4 is 12.4 Å². The van der Waals surface area contributed by atoms with Gasteiger partial charge in [0.2, 0.25) is 0 Å². The Balaban J connectivity index is 2.05. The van der Waals surface area contributed by atoms with Gasteiger partial charge in [0.15, 0.2) is 0 Å². The molecular weight excluding hydrogens is 262 g/mol. The van der Waals surface area contributed by atoms with E-state index >= 15 is 0 Å². The molecule has 3 rings (SSSR count). The van der Waals surface area contributed by atoms with Crippen LogP contribution in [0, 0.1) is 11.6 Å². The Morgan fingerprint density at radius 2 is 1.95 bits per heavy atom. The second-order valence-electron chi connectivity index (χ2n) is 4.50. The lowest BCUT2D eigenvalue weighted by Gasteiger charge is -2.16. The van der Waals surface area contributed by atoms with E-state index in [-0.39, 0.29) is 6.61 Å². The molecule has 1 heterocycles. The molecule has 1 aliphatic rings. The van der Waals surface area contributed by atoms with Crippen molar-refractivity contribution < 1.29 is 18.3 Å². The summed E-state index contributed by atoms with van der Waals surface area (Å²) in [6.07, 6.45) is 2.48. The molecule has 2 aromatic carbocycles. The van der Waals surface area contributed by atoms with Crippen molar-refractivity contribution in [2.75, 3.05) is 6.61 Å². The van der Waals surface area contributed by atoms with Gasteiger partial charge in [-0.05, 0) is 29.8 Å². The van der Waals surface area contributed by atoms with Crippen LogP contribution in [0.3, 0.4) is 0 Å². The Morgan fingerprint density at radius 3 is 2.70 bits per heavy atom. The summed E-state index contributed by atoms with van der Waals surface area (Å²) in [5.74, 6) is -0.652. The fourth-order valence-corrected chi connectivity index (χ4v) is 2.14. The Kier molecular flexibility index (Phi) is 3.06. The number of fused-ring (bicyclic) bond motifs is 1. The molecule has 0 N–H and O–H groups in total. The SMILES string of the molecule is O=CC1=Cc2ccc(-c3ccc(F)cc3F)cc2OC1. The van der Waals surface area contributed by atoms with Crippen molar-refractivity contribution in [2.24, 2.45) is 0 Å². The first-order valence-corrected chi connectivity index (χ1v) is 6.05. The molecule has 100 valence electrons. The highest BCUT2D eigenvalue weighted by Gasteiger charge is 2.13. The number of halogens is 2. The number of carbonyl (C=O) groups is 1. The fraction of sp³-hybridized carbons (Fsp3) is 0.0625. The van der Waals surface area contributed by atoms with Crippen molar-refractivity contribution in [2.45, 2.75) is 0 Å². The monoisotopic (exact) mass is 272 g/mol. The molecule has 0 atom stereocenters. The molecule has 0 aliphatic carbocycles. The Labute approximate surface area is 114 Å². The summed E-state index contributed by atoms with van der Waals surface area (Å²) in [7, 11) is 0. The van der Waals surface area contributed by atoms with Gasteiger partial charge in [0.1, 0.15) is 30.3 Å². The summed E-state index contributed by atoms with van der Waals surface area (Å²) in [5.41, 5.74) is 2.23. The van der Waals surface area contributed by atoms with Gasteiger partial charge in [0.25, 0.3) is 0 Å². The molecule has 0 aromatic heterocycles. The number of hydrogen-bond acceptors (Lipinski definition) is 2. The maximum atomic E-state index is 13.7. The molecular formula is C16H10F2O2. The number of carbonyl (C=O) groups excluding carboxylic acids is 1. The van der Waals surface area contributed by atoms with E-state index in [2.05, 4.69) is 0 Å². The van der Waals surface area contributed by atoms with Gasteiger partial charge in [-0.15, -0.1) is 0 Å². The largest absolute Gasteiger partial charge is 0.488 e. The highest BCUT2D eigenvalue weighted by Crippen LogP contribution is 2.32. The standard InChI is InChI=1S/C16H10F2O2/c17-13-3-4-14(15(18)7-13)11-1-2-12-5-10(8-19)9-20-16(12)6-11/h1-8H,9H2. The summed E-state index contributed by atoms with van der Waals surface area (Å²) >= 11 is 0. The predicted molar refractivity (Wildman–Crippen MR) is 71.3 cm³/mol. The molecule has 1 aliphatic heterocycles. The zero-order chi connectivity index (χ0) is 14.1. The number of hydrogen-bond donors (Lipinski definition) is 0. The Bertz CT molecular complexity index is 720. The second-order valence-corrected chi connectivity index (χ2v) is 4.50. The molecule has 4 heteroatoms. The van der Waals surface area contributed by atoms with Gasteiger partial charge in [-0.1, -0.05) is 12.1 Å². The molecule has 0 saturated carbocycles. The van der Waals surface area contributed by atoms with Crippen LogP contribution in [0.4, 0.5) is 8.78 Å². The Morgan fingerprint density at radius 1 is 1.10 bits per heavy atom. The van der Waals surface area contributed by atoms with Crippen molar-refractivity contribution in [3.63, 3.8) is 0 Å². The molecule has 0 amide bonds. The molecule has 0 unspecified atom stereocenters. The average molecular weight is 272 g/mol. The molecule has 0 spiro atoms. The fourth-order valence-electron chi connectivity index (χ4n) is 2.14. The van der Waals surface area contributed by atoms with Crippen LogP contribution < -0.4 is 4.74 Å². The van der Waals surface area contributed by atoms with Gasteiger partial charge >= 0.3 is 0 Å². The van der Waals surface area contributed by atoms with Crippen LogP contribution in [0.15, 0.2) is 42.0 Å². The lowest BCUT2D eigenvalue weighted by Crippen LogP contribution is -2.08. The lowest BCUT2D eigenvalue weighted by molar-refractivity contribution is -0.105. The van der Waals surface area contributed by atoms with Gasteiger partial charge in [0, 0.05) is 22.8 Å². The minimum atomic E-state index is -0.620. The lowest BCUT2D eigenvalue weighted by atomic mass is 10.0. The maximum absolute atomic E-state index is 13.7. The molecule has 20 heavy (non-hydrogen) atoms. The average Bonchev–Trinajstić information content (AvgIpc) is 2.46. The zero-order valence-corrected chi connectivity index (χ0v) is 10.4. The van der Waals surface area contributed by atoms with E-state index in [1.54, 1.807) is 24.3 Å².